The molecule has 0 atom stereocenters. The van der Waals surface area contributed by atoms with Crippen molar-refractivity contribution in [3.05, 3.63) is 53.3 Å². The van der Waals surface area contributed by atoms with E-state index in [9.17, 15) is 4.79 Å². The van der Waals surface area contributed by atoms with E-state index >= 15 is 0 Å². The fourth-order valence-corrected chi connectivity index (χ4v) is 1.84. The Morgan fingerprint density at radius 1 is 1.20 bits per heavy atom. The van der Waals surface area contributed by atoms with Crippen LogP contribution in [-0.4, -0.2) is 12.4 Å². The Labute approximate surface area is 122 Å². The van der Waals surface area contributed by atoms with Crippen LogP contribution in [0.15, 0.2) is 42.2 Å². The molecule has 0 fully saturated rings. The lowest BCUT2D eigenvalue weighted by molar-refractivity contribution is 0.101. The summed E-state index contributed by atoms with van der Waals surface area (Å²) in [6.45, 7) is 6.46. The highest BCUT2D eigenvalue weighted by atomic mass is 16.5. The van der Waals surface area contributed by atoms with Crippen molar-refractivity contribution in [1.29, 1.82) is 0 Å². The first-order chi connectivity index (χ1) is 9.67. The summed E-state index contributed by atoms with van der Waals surface area (Å²) in [5.41, 5.74) is 1.83. The maximum atomic E-state index is 11.2. The molecule has 20 heavy (non-hydrogen) atoms. The largest absolute Gasteiger partial charge is 0.498 e. The molecule has 0 spiro atoms. The van der Waals surface area contributed by atoms with Gasteiger partial charge in [0.2, 0.25) is 0 Å². The lowest BCUT2D eigenvalue weighted by Gasteiger charge is -2.06. The SMILES string of the molecule is CCCCC(=CC=Cc1ccc(C(C)=O)cc1)OCC. The van der Waals surface area contributed by atoms with Gasteiger partial charge in [-0.1, -0.05) is 49.8 Å². The number of rotatable bonds is 8. The molecule has 0 amide bonds. The van der Waals surface area contributed by atoms with Gasteiger partial charge in [0, 0.05) is 12.0 Å². The first-order valence-electron chi connectivity index (χ1n) is 7.28. The third-order valence-electron chi connectivity index (χ3n) is 2.99. The van der Waals surface area contributed by atoms with Crippen molar-refractivity contribution in [3.63, 3.8) is 0 Å². The van der Waals surface area contributed by atoms with Gasteiger partial charge in [0.05, 0.1) is 12.4 Å². The molecule has 0 bridgehead atoms. The number of benzene rings is 1. The smallest absolute Gasteiger partial charge is 0.159 e. The van der Waals surface area contributed by atoms with Crippen LogP contribution in [-0.2, 0) is 4.74 Å². The number of Topliss-reactive ketones (excluding diaryl/α,β-unsaturated/α-hetero) is 1. The maximum Gasteiger partial charge on any atom is 0.159 e. The molecule has 1 rings (SSSR count). The second kappa shape index (κ2) is 9.13. The predicted octanol–water partition coefficient (Wildman–Crippen LogP) is 5.01. The van der Waals surface area contributed by atoms with Crippen LogP contribution in [0.1, 0.15) is 56.0 Å². The molecule has 0 aliphatic carbocycles. The lowest BCUT2D eigenvalue weighted by Crippen LogP contribution is -1.91. The van der Waals surface area contributed by atoms with Gasteiger partial charge in [0.1, 0.15) is 0 Å². The van der Waals surface area contributed by atoms with E-state index in [1.165, 1.54) is 6.42 Å². The molecule has 0 unspecified atom stereocenters. The molecule has 0 radical (unpaired) electrons. The molecule has 0 aliphatic rings. The molecule has 0 aromatic heterocycles. The van der Waals surface area contributed by atoms with Crippen LogP contribution in [0.25, 0.3) is 6.08 Å². The Morgan fingerprint density at radius 2 is 1.90 bits per heavy atom. The summed E-state index contributed by atoms with van der Waals surface area (Å²) in [6, 6.07) is 7.61. The number of ketones is 1. The van der Waals surface area contributed by atoms with Crippen LogP contribution >= 0.6 is 0 Å². The third-order valence-corrected chi connectivity index (χ3v) is 2.99. The predicted molar refractivity (Wildman–Crippen MR) is 84.7 cm³/mol. The fraction of sp³-hybridized carbons (Fsp3) is 0.389. The minimum atomic E-state index is 0.0959. The van der Waals surface area contributed by atoms with Gasteiger partial charge >= 0.3 is 0 Å². The summed E-state index contributed by atoms with van der Waals surface area (Å²) in [7, 11) is 0. The molecule has 0 N–H and O–H groups in total. The zero-order chi connectivity index (χ0) is 14.8. The van der Waals surface area contributed by atoms with Crippen LogP contribution in [0.3, 0.4) is 0 Å². The average molecular weight is 272 g/mol. The standard InChI is InChI=1S/C18H24O2/c1-4-6-9-18(20-5-2)10-7-8-16-11-13-17(14-12-16)15(3)19/h7-8,10-14H,4-6,9H2,1-3H3. The number of unbranched alkanes of at least 4 members (excludes halogenated alkanes) is 1. The van der Waals surface area contributed by atoms with Crippen molar-refractivity contribution in [2.75, 3.05) is 6.61 Å². The minimum absolute atomic E-state index is 0.0959. The van der Waals surface area contributed by atoms with Gasteiger partial charge in [-0.2, -0.15) is 0 Å². The monoisotopic (exact) mass is 272 g/mol. The summed E-state index contributed by atoms with van der Waals surface area (Å²) >= 11 is 0. The number of ether oxygens (including phenoxy) is 1. The van der Waals surface area contributed by atoms with Gasteiger partial charge in [-0.15, -0.1) is 0 Å². The van der Waals surface area contributed by atoms with Crippen molar-refractivity contribution in [3.8, 4) is 0 Å². The number of carbonyl (C=O) groups is 1. The van der Waals surface area contributed by atoms with Gasteiger partial charge in [0.25, 0.3) is 0 Å². The second-order valence-corrected chi connectivity index (χ2v) is 4.71. The van der Waals surface area contributed by atoms with E-state index in [2.05, 4.69) is 6.92 Å². The van der Waals surface area contributed by atoms with E-state index in [-0.39, 0.29) is 5.78 Å². The normalized spacial score (nSPS) is 11.8. The number of allylic oxidation sites excluding steroid dienone is 3. The minimum Gasteiger partial charge on any atom is -0.498 e. The molecule has 108 valence electrons. The van der Waals surface area contributed by atoms with Crippen molar-refractivity contribution in [2.45, 2.75) is 40.0 Å². The number of hydrogen-bond acceptors (Lipinski definition) is 2. The Morgan fingerprint density at radius 3 is 2.45 bits per heavy atom. The zero-order valence-electron chi connectivity index (χ0n) is 12.7. The second-order valence-electron chi connectivity index (χ2n) is 4.71. The fourth-order valence-electron chi connectivity index (χ4n) is 1.84. The van der Waals surface area contributed by atoms with Crippen molar-refractivity contribution in [1.82, 2.24) is 0 Å². The highest BCUT2D eigenvalue weighted by molar-refractivity contribution is 5.94. The Bertz CT molecular complexity index is 467. The number of hydrogen-bond donors (Lipinski definition) is 0. The number of carbonyl (C=O) groups excluding carboxylic acids is 1. The summed E-state index contributed by atoms with van der Waals surface area (Å²) in [6.07, 6.45) is 9.35. The quantitative estimate of drug-likeness (QED) is 0.377. The highest BCUT2D eigenvalue weighted by Crippen LogP contribution is 2.11. The van der Waals surface area contributed by atoms with Gasteiger partial charge in [-0.25, -0.2) is 0 Å². The van der Waals surface area contributed by atoms with Gasteiger partial charge in [0.15, 0.2) is 5.78 Å². The molecule has 1 aromatic rings. The molecule has 2 heteroatoms. The Hall–Kier alpha value is -1.83. The molecule has 1 aromatic carbocycles. The van der Waals surface area contributed by atoms with Gasteiger partial charge < -0.3 is 4.74 Å². The zero-order valence-corrected chi connectivity index (χ0v) is 12.7. The van der Waals surface area contributed by atoms with Crippen LogP contribution in [0.4, 0.5) is 0 Å². The van der Waals surface area contributed by atoms with Gasteiger partial charge in [-0.05, 0) is 31.9 Å². The van der Waals surface area contributed by atoms with E-state index < -0.39 is 0 Å². The molecular weight excluding hydrogens is 248 g/mol. The molecule has 0 saturated heterocycles. The topological polar surface area (TPSA) is 26.3 Å². The highest BCUT2D eigenvalue weighted by Gasteiger charge is 1.97. The van der Waals surface area contributed by atoms with Crippen LogP contribution in [0.5, 0.6) is 0 Å². The Balaban J connectivity index is 2.66. The summed E-state index contributed by atoms with van der Waals surface area (Å²) in [4.78, 5) is 11.2. The van der Waals surface area contributed by atoms with Crippen molar-refractivity contribution < 1.29 is 9.53 Å². The molecular formula is C18H24O2. The third kappa shape index (κ3) is 5.87. The maximum absolute atomic E-state index is 11.2. The molecule has 2 nitrogen and oxygen atoms in total. The molecule has 0 aliphatic heterocycles. The van der Waals surface area contributed by atoms with Crippen LogP contribution in [0, 0.1) is 0 Å². The first-order valence-corrected chi connectivity index (χ1v) is 7.28. The van der Waals surface area contributed by atoms with E-state index in [1.54, 1.807) is 6.92 Å². The Kier molecular flexibility index (Phi) is 7.41. The lowest BCUT2D eigenvalue weighted by atomic mass is 10.1. The molecule has 0 saturated carbocycles. The first kappa shape index (κ1) is 16.2. The van der Waals surface area contributed by atoms with E-state index in [0.717, 1.165) is 29.7 Å². The average Bonchev–Trinajstić information content (AvgIpc) is 2.45. The van der Waals surface area contributed by atoms with Crippen LogP contribution < -0.4 is 0 Å². The summed E-state index contributed by atoms with van der Waals surface area (Å²) < 4.78 is 5.60. The van der Waals surface area contributed by atoms with E-state index in [1.807, 2.05) is 49.4 Å². The molecule has 0 heterocycles. The van der Waals surface area contributed by atoms with E-state index in [4.69, 9.17) is 4.74 Å². The van der Waals surface area contributed by atoms with Crippen LogP contribution in [0.2, 0.25) is 0 Å². The summed E-state index contributed by atoms with van der Waals surface area (Å²) in [5.74, 6) is 1.13. The van der Waals surface area contributed by atoms with Crippen molar-refractivity contribution >= 4 is 11.9 Å². The summed E-state index contributed by atoms with van der Waals surface area (Å²) in [5, 5.41) is 0. The van der Waals surface area contributed by atoms with Crippen molar-refractivity contribution in [2.24, 2.45) is 0 Å². The van der Waals surface area contributed by atoms with Gasteiger partial charge in [-0.3, -0.25) is 4.79 Å². The van der Waals surface area contributed by atoms with E-state index in [0.29, 0.717) is 6.61 Å².